The maximum atomic E-state index is 12.7. The van der Waals surface area contributed by atoms with E-state index in [9.17, 15) is 4.79 Å². The highest BCUT2D eigenvalue weighted by molar-refractivity contribution is 5.98. The molecule has 1 aliphatic rings. The number of carbonyl (C=O) groups is 1. The molecule has 6 heteroatoms. The first-order valence-corrected chi connectivity index (χ1v) is 10.1. The predicted molar refractivity (Wildman–Crippen MR) is 106 cm³/mol. The number of amides is 1. The van der Waals surface area contributed by atoms with E-state index in [0.29, 0.717) is 31.2 Å². The van der Waals surface area contributed by atoms with Gasteiger partial charge in [0.15, 0.2) is 0 Å². The highest BCUT2D eigenvalue weighted by Crippen LogP contribution is 2.28. The molecule has 1 aromatic carbocycles. The highest BCUT2D eigenvalue weighted by Gasteiger charge is 2.22. The van der Waals surface area contributed by atoms with Gasteiger partial charge in [-0.1, -0.05) is 19.3 Å². The number of fused-ring (bicyclic) bond motifs is 1. The van der Waals surface area contributed by atoms with Crippen LogP contribution in [0.3, 0.4) is 0 Å². The number of aromatic nitrogens is 2. The van der Waals surface area contributed by atoms with Crippen molar-refractivity contribution in [3.05, 3.63) is 23.8 Å². The SMILES string of the molecule is CCOc1c2ccc(C(=O)N[C@H](C)C3CCCCC3)cc2nn1CCOC. The fourth-order valence-corrected chi connectivity index (χ4v) is 3.91. The molecule has 1 aromatic heterocycles. The Morgan fingerprint density at radius 3 is 2.81 bits per heavy atom. The summed E-state index contributed by atoms with van der Waals surface area (Å²) in [5, 5.41) is 8.72. The van der Waals surface area contributed by atoms with E-state index in [1.54, 1.807) is 7.11 Å². The van der Waals surface area contributed by atoms with Crippen molar-refractivity contribution in [2.75, 3.05) is 20.3 Å². The van der Waals surface area contributed by atoms with E-state index >= 15 is 0 Å². The van der Waals surface area contributed by atoms with Crippen molar-refractivity contribution in [3.63, 3.8) is 0 Å². The Balaban J connectivity index is 1.77. The summed E-state index contributed by atoms with van der Waals surface area (Å²) in [7, 11) is 1.67. The van der Waals surface area contributed by atoms with Gasteiger partial charge in [0, 0.05) is 18.7 Å². The van der Waals surface area contributed by atoms with Crippen LogP contribution >= 0.6 is 0 Å². The fourth-order valence-electron chi connectivity index (χ4n) is 3.91. The second-order valence-corrected chi connectivity index (χ2v) is 7.35. The van der Waals surface area contributed by atoms with Crippen LogP contribution in [0.4, 0.5) is 0 Å². The Hall–Kier alpha value is -2.08. The summed E-state index contributed by atoms with van der Waals surface area (Å²) in [6.07, 6.45) is 6.29. The Bertz CT molecular complexity index is 765. The van der Waals surface area contributed by atoms with Gasteiger partial charge in [-0.15, -0.1) is 0 Å². The second-order valence-electron chi connectivity index (χ2n) is 7.35. The van der Waals surface area contributed by atoms with Crippen molar-refractivity contribution in [1.29, 1.82) is 0 Å². The van der Waals surface area contributed by atoms with Gasteiger partial charge in [0.05, 0.1) is 30.7 Å². The lowest BCUT2D eigenvalue weighted by molar-refractivity contribution is 0.0919. The molecule has 0 bridgehead atoms. The van der Waals surface area contributed by atoms with Gasteiger partial charge in [-0.25, -0.2) is 4.68 Å². The summed E-state index contributed by atoms with van der Waals surface area (Å²) in [6, 6.07) is 5.84. The lowest BCUT2D eigenvalue weighted by Gasteiger charge is -2.28. The molecule has 148 valence electrons. The average molecular weight is 373 g/mol. The van der Waals surface area contributed by atoms with Crippen LogP contribution < -0.4 is 10.1 Å². The zero-order valence-corrected chi connectivity index (χ0v) is 16.7. The van der Waals surface area contributed by atoms with Gasteiger partial charge in [0.25, 0.3) is 5.91 Å². The third-order valence-corrected chi connectivity index (χ3v) is 5.46. The first kappa shape index (κ1) is 19.7. The summed E-state index contributed by atoms with van der Waals surface area (Å²) in [5.74, 6) is 1.29. The predicted octanol–water partition coefficient (Wildman–Crippen LogP) is 3.78. The Morgan fingerprint density at radius 2 is 2.11 bits per heavy atom. The quantitative estimate of drug-likeness (QED) is 0.765. The zero-order chi connectivity index (χ0) is 19.2. The molecule has 6 nitrogen and oxygen atoms in total. The molecule has 0 spiro atoms. The van der Waals surface area contributed by atoms with Crippen LogP contribution in [-0.4, -0.2) is 42.1 Å². The number of methoxy groups -OCH3 is 1. The van der Waals surface area contributed by atoms with Crippen LogP contribution in [0.15, 0.2) is 18.2 Å². The minimum absolute atomic E-state index is 0.0284. The Kier molecular flexibility index (Phi) is 6.72. The highest BCUT2D eigenvalue weighted by atomic mass is 16.5. The lowest BCUT2D eigenvalue weighted by Crippen LogP contribution is -2.38. The van der Waals surface area contributed by atoms with E-state index in [2.05, 4.69) is 17.3 Å². The molecule has 0 unspecified atom stereocenters. The topological polar surface area (TPSA) is 65.4 Å². The minimum Gasteiger partial charge on any atom is -0.478 e. The molecule has 1 aliphatic carbocycles. The van der Waals surface area contributed by atoms with Crippen molar-refractivity contribution in [2.45, 2.75) is 58.5 Å². The summed E-state index contributed by atoms with van der Waals surface area (Å²) >= 11 is 0. The molecule has 2 aromatic rings. The maximum absolute atomic E-state index is 12.7. The molecule has 3 rings (SSSR count). The molecule has 1 N–H and O–H groups in total. The standard InChI is InChI=1S/C21H31N3O3/c1-4-27-21-18-11-10-17(14-19(18)23-24(21)12-13-26-3)20(25)22-15(2)16-8-6-5-7-9-16/h10-11,14-16H,4-9,12-13H2,1-3H3,(H,22,25)/t15-/m1/s1. The number of hydrogen-bond acceptors (Lipinski definition) is 4. The number of nitrogens with zero attached hydrogens (tertiary/aromatic N) is 2. The van der Waals surface area contributed by atoms with Crippen molar-refractivity contribution < 1.29 is 14.3 Å². The van der Waals surface area contributed by atoms with Gasteiger partial charge in [0.1, 0.15) is 0 Å². The number of rotatable bonds is 8. The van der Waals surface area contributed by atoms with Gasteiger partial charge in [0.2, 0.25) is 5.88 Å². The van der Waals surface area contributed by atoms with Crippen LogP contribution in [-0.2, 0) is 11.3 Å². The minimum atomic E-state index is -0.0284. The molecule has 1 atom stereocenters. The third-order valence-electron chi connectivity index (χ3n) is 5.46. The maximum Gasteiger partial charge on any atom is 0.251 e. The number of hydrogen-bond donors (Lipinski definition) is 1. The monoisotopic (exact) mass is 373 g/mol. The molecule has 1 heterocycles. The van der Waals surface area contributed by atoms with Crippen LogP contribution in [0.5, 0.6) is 5.88 Å². The fraction of sp³-hybridized carbons (Fsp3) is 0.619. The van der Waals surface area contributed by atoms with E-state index in [1.807, 2.05) is 29.8 Å². The number of benzene rings is 1. The summed E-state index contributed by atoms with van der Waals surface area (Å²) < 4.78 is 12.7. The van der Waals surface area contributed by atoms with E-state index in [0.717, 1.165) is 16.8 Å². The third kappa shape index (κ3) is 4.61. The van der Waals surface area contributed by atoms with Crippen LogP contribution in [0.25, 0.3) is 10.9 Å². The summed E-state index contributed by atoms with van der Waals surface area (Å²) in [4.78, 5) is 12.7. The lowest BCUT2D eigenvalue weighted by atomic mass is 9.84. The first-order chi connectivity index (χ1) is 13.1. The number of nitrogens with one attached hydrogen (secondary N) is 1. The molecule has 1 amide bonds. The Morgan fingerprint density at radius 1 is 1.33 bits per heavy atom. The zero-order valence-electron chi connectivity index (χ0n) is 16.7. The van der Waals surface area contributed by atoms with E-state index in [-0.39, 0.29) is 11.9 Å². The van der Waals surface area contributed by atoms with Crippen molar-refractivity contribution in [3.8, 4) is 5.88 Å². The van der Waals surface area contributed by atoms with Gasteiger partial charge < -0.3 is 14.8 Å². The molecule has 0 saturated heterocycles. The van der Waals surface area contributed by atoms with Crippen molar-refractivity contribution in [2.24, 2.45) is 5.92 Å². The van der Waals surface area contributed by atoms with Crippen LogP contribution in [0, 0.1) is 5.92 Å². The smallest absolute Gasteiger partial charge is 0.251 e. The number of carbonyl (C=O) groups excluding carboxylic acids is 1. The molecular weight excluding hydrogens is 342 g/mol. The molecular formula is C21H31N3O3. The van der Waals surface area contributed by atoms with Crippen molar-refractivity contribution >= 4 is 16.8 Å². The van der Waals surface area contributed by atoms with Crippen LogP contribution in [0.1, 0.15) is 56.3 Å². The van der Waals surface area contributed by atoms with Gasteiger partial charge in [-0.3, -0.25) is 4.79 Å². The summed E-state index contributed by atoms with van der Waals surface area (Å²) in [6.45, 7) is 5.81. The van der Waals surface area contributed by atoms with E-state index in [4.69, 9.17) is 9.47 Å². The molecule has 0 aliphatic heterocycles. The molecule has 1 saturated carbocycles. The van der Waals surface area contributed by atoms with Crippen molar-refractivity contribution in [1.82, 2.24) is 15.1 Å². The van der Waals surface area contributed by atoms with Gasteiger partial charge in [-0.05, 0) is 50.8 Å². The van der Waals surface area contributed by atoms with Gasteiger partial charge in [-0.2, -0.15) is 5.10 Å². The average Bonchev–Trinajstić information content (AvgIpc) is 3.04. The van der Waals surface area contributed by atoms with Gasteiger partial charge >= 0.3 is 0 Å². The Labute approximate surface area is 161 Å². The number of ether oxygens (including phenoxy) is 2. The van der Waals surface area contributed by atoms with E-state index in [1.165, 1.54) is 32.1 Å². The molecule has 1 fully saturated rings. The van der Waals surface area contributed by atoms with Crippen LogP contribution in [0.2, 0.25) is 0 Å². The summed E-state index contributed by atoms with van der Waals surface area (Å²) in [5.41, 5.74) is 1.41. The molecule has 27 heavy (non-hydrogen) atoms. The largest absolute Gasteiger partial charge is 0.478 e. The second kappa shape index (κ2) is 9.22. The van der Waals surface area contributed by atoms with E-state index < -0.39 is 0 Å². The normalized spacial score (nSPS) is 16.4. The first-order valence-electron chi connectivity index (χ1n) is 10.1. The molecule has 0 radical (unpaired) electrons.